The lowest BCUT2D eigenvalue weighted by Gasteiger charge is -2.15. The molecule has 1 saturated carbocycles. The van der Waals surface area contributed by atoms with E-state index in [9.17, 15) is 22.8 Å². The van der Waals surface area contributed by atoms with Gasteiger partial charge in [-0.1, -0.05) is 34.8 Å². The Balaban J connectivity index is 1.62. The van der Waals surface area contributed by atoms with Gasteiger partial charge in [-0.05, 0) is 48.9 Å². The number of carbonyl (C=O) groups is 2. The molecule has 0 heterocycles. The van der Waals surface area contributed by atoms with Gasteiger partial charge in [-0.3, -0.25) is 9.59 Å². The van der Waals surface area contributed by atoms with E-state index in [1.165, 1.54) is 18.2 Å². The zero-order valence-electron chi connectivity index (χ0n) is 18.6. The van der Waals surface area contributed by atoms with E-state index in [1.54, 1.807) is 25.1 Å². The second-order valence-electron chi connectivity index (χ2n) is 8.33. The van der Waals surface area contributed by atoms with Crippen molar-refractivity contribution in [2.45, 2.75) is 35.8 Å². The number of hydrogen-bond acceptors (Lipinski definition) is 3. The van der Waals surface area contributed by atoms with E-state index in [2.05, 4.69) is 10.6 Å². The zero-order valence-corrected chi connectivity index (χ0v) is 23.2. The average molecular weight is 623 g/mol. The first kappa shape index (κ1) is 29.5. The largest absolute Gasteiger partial charge is 0.389 e. The number of thioether (sulfide) groups is 1. The summed E-state index contributed by atoms with van der Waals surface area (Å²) >= 11 is 32.1. The Morgan fingerprint density at radius 1 is 1.08 bits per heavy atom. The van der Waals surface area contributed by atoms with Gasteiger partial charge >= 0.3 is 6.18 Å². The fourth-order valence-electron chi connectivity index (χ4n) is 3.61. The van der Waals surface area contributed by atoms with Crippen molar-refractivity contribution < 1.29 is 22.8 Å². The van der Waals surface area contributed by atoms with Crippen molar-refractivity contribution in [3.63, 3.8) is 0 Å². The molecular formula is C23H20Cl5F3N2O2S. The molecule has 4 nitrogen and oxygen atoms in total. The second kappa shape index (κ2) is 11.8. The maximum atomic E-state index is 12.9. The van der Waals surface area contributed by atoms with E-state index < -0.39 is 46.6 Å². The molecule has 0 bridgehead atoms. The Morgan fingerprint density at radius 3 is 2.33 bits per heavy atom. The first-order valence-corrected chi connectivity index (χ1v) is 13.6. The van der Waals surface area contributed by atoms with Crippen LogP contribution in [0.5, 0.6) is 0 Å². The van der Waals surface area contributed by atoms with Gasteiger partial charge in [-0.15, -0.1) is 23.2 Å². The SMILES string of the molecule is C[C@H](CSCCC(F)(F)F)NC(=O)c1cc(NC(=O)C2C(c3cc(Cl)cc(Cl)c3)C2(Cl)Cl)ccc1Cl. The van der Waals surface area contributed by atoms with Crippen molar-refractivity contribution in [3.8, 4) is 0 Å². The van der Waals surface area contributed by atoms with Crippen LogP contribution in [0.3, 0.4) is 0 Å². The third-order valence-corrected chi connectivity index (χ3v) is 8.27. The Bertz CT molecular complexity index is 1130. The molecule has 2 N–H and O–H groups in total. The first-order valence-electron chi connectivity index (χ1n) is 10.6. The number of carbonyl (C=O) groups excluding carboxylic acids is 2. The topological polar surface area (TPSA) is 58.2 Å². The molecule has 1 aliphatic carbocycles. The van der Waals surface area contributed by atoms with E-state index in [4.69, 9.17) is 58.0 Å². The molecule has 3 rings (SSSR count). The van der Waals surface area contributed by atoms with E-state index in [1.807, 2.05) is 0 Å². The van der Waals surface area contributed by atoms with Gasteiger partial charge in [0.25, 0.3) is 5.91 Å². The molecule has 13 heteroatoms. The number of anilines is 1. The van der Waals surface area contributed by atoms with Gasteiger partial charge in [0, 0.05) is 39.2 Å². The number of nitrogens with one attached hydrogen (secondary N) is 2. The van der Waals surface area contributed by atoms with Crippen LogP contribution in [0.1, 0.15) is 35.2 Å². The van der Waals surface area contributed by atoms with Crippen LogP contribution in [0.25, 0.3) is 0 Å². The number of alkyl halides is 5. The normalized spacial score (nSPS) is 19.5. The maximum Gasteiger partial charge on any atom is 0.389 e. The summed E-state index contributed by atoms with van der Waals surface area (Å²) in [5.41, 5.74) is 1.01. The molecule has 3 atom stereocenters. The molecule has 36 heavy (non-hydrogen) atoms. The van der Waals surface area contributed by atoms with Crippen LogP contribution in [0, 0.1) is 5.92 Å². The molecule has 0 spiro atoms. The molecule has 1 aliphatic rings. The van der Waals surface area contributed by atoms with Crippen molar-refractivity contribution in [1.82, 2.24) is 5.32 Å². The molecular weight excluding hydrogens is 603 g/mol. The van der Waals surface area contributed by atoms with Gasteiger partial charge in [0.1, 0.15) is 4.33 Å². The van der Waals surface area contributed by atoms with Gasteiger partial charge in [0.05, 0.1) is 22.9 Å². The Labute approximate surface area is 235 Å². The summed E-state index contributed by atoms with van der Waals surface area (Å²) in [5, 5.41) is 6.30. The molecule has 2 amide bonds. The number of amides is 2. The quantitative estimate of drug-likeness (QED) is 0.220. The predicted molar refractivity (Wildman–Crippen MR) is 142 cm³/mol. The van der Waals surface area contributed by atoms with Gasteiger partial charge in [0.15, 0.2) is 0 Å². The van der Waals surface area contributed by atoms with E-state index in [0.717, 1.165) is 11.8 Å². The van der Waals surface area contributed by atoms with Crippen molar-refractivity contribution in [1.29, 1.82) is 0 Å². The van der Waals surface area contributed by atoms with Crippen LogP contribution < -0.4 is 10.6 Å². The van der Waals surface area contributed by atoms with Crippen LogP contribution in [0.2, 0.25) is 15.1 Å². The number of halogens is 8. The summed E-state index contributed by atoms with van der Waals surface area (Å²) in [6.45, 7) is 1.67. The molecule has 1 fully saturated rings. The zero-order chi connectivity index (χ0) is 26.8. The van der Waals surface area contributed by atoms with Crippen LogP contribution in [-0.2, 0) is 4.79 Å². The summed E-state index contributed by atoms with van der Waals surface area (Å²) in [5.74, 6) is -2.14. The van der Waals surface area contributed by atoms with Crippen molar-refractivity contribution in [3.05, 3.63) is 62.6 Å². The minimum atomic E-state index is -4.22. The molecule has 196 valence electrons. The number of rotatable bonds is 9. The lowest BCUT2D eigenvalue weighted by molar-refractivity contribution is -0.129. The maximum absolute atomic E-state index is 12.9. The molecule has 0 aliphatic heterocycles. The average Bonchev–Trinajstić information content (AvgIpc) is 3.33. The van der Waals surface area contributed by atoms with Gasteiger partial charge in [0.2, 0.25) is 5.91 Å². The third-order valence-electron chi connectivity index (χ3n) is 5.33. The van der Waals surface area contributed by atoms with Crippen molar-refractivity contribution in [2.75, 3.05) is 16.8 Å². The Morgan fingerprint density at radius 2 is 1.72 bits per heavy atom. The molecule has 2 unspecified atom stereocenters. The van der Waals surface area contributed by atoms with Gasteiger partial charge in [-0.2, -0.15) is 24.9 Å². The molecule has 0 saturated heterocycles. The van der Waals surface area contributed by atoms with Crippen LogP contribution in [0.4, 0.5) is 18.9 Å². The van der Waals surface area contributed by atoms with Crippen molar-refractivity contribution >= 4 is 87.3 Å². The van der Waals surface area contributed by atoms with Gasteiger partial charge < -0.3 is 10.6 Å². The number of hydrogen-bond donors (Lipinski definition) is 2. The monoisotopic (exact) mass is 620 g/mol. The molecule has 2 aromatic carbocycles. The lowest BCUT2D eigenvalue weighted by atomic mass is 10.1. The fraction of sp³-hybridized carbons (Fsp3) is 0.391. The highest BCUT2D eigenvalue weighted by Crippen LogP contribution is 2.65. The fourth-order valence-corrected chi connectivity index (χ4v) is 6.16. The summed E-state index contributed by atoms with van der Waals surface area (Å²) in [4.78, 5) is 25.6. The highest BCUT2D eigenvalue weighted by atomic mass is 35.5. The van der Waals surface area contributed by atoms with E-state index >= 15 is 0 Å². The highest BCUT2D eigenvalue weighted by molar-refractivity contribution is 7.99. The molecule has 0 aromatic heterocycles. The minimum absolute atomic E-state index is 0.0959. The summed E-state index contributed by atoms with van der Waals surface area (Å²) in [7, 11) is 0. The summed E-state index contributed by atoms with van der Waals surface area (Å²) in [6.07, 6.45) is -5.11. The lowest BCUT2D eigenvalue weighted by Crippen LogP contribution is -2.34. The second-order valence-corrected chi connectivity index (χ2v) is 12.2. The van der Waals surface area contributed by atoms with Crippen LogP contribution in [0.15, 0.2) is 36.4 Å². The van der Waals surface area contributed by atoms with E-state index in [0.29, 0.717) is 27.0 Å². The molecule has 0 radical (unpaired) electrons. The third kappa shape index (κ3) is 7.74. The smallest absolute Gasteiger partial charge is 0.349 e. The van der Waals surface area contributed by atoms with E-state index in [-0.39, 0.29) is 16.3 Å². The Hall–Kier alpha value is -1.03. The highest BCUT2D eigenvalue weighted by Gasteiger charge is 2.67. The summed E-state index contributed by atoms with van der Waals surface area (Å²) in [6, 6.07) is 8.79. The van der Waals surface area contributed by atoms with Crippen molar-refractivity contribution in [2.24, 2.45) is 5.92 Å². The Kier molecular flexibility index (Phi) is 9.67. The predicted octanol–water partition coefficient (Wildman–Crippen LogP) is 7.98. The first-order chi connectivity index (χ1) is 16.7. The number of benzene rings is 2. The van der Waals surface area contributed by atoms with Crippen LogP contribution in [-0.4, -0.2) is 39.9 Å². The standard InChI is InChI=1S/C23H20Cl5F3N2O2S/c1-11(10-36-5-4-22(29,30)31)32-20(34)16-9-15(2-3-17(16)26)33-21(35)19-18(23(19,27)28)12-6-13(24)8-14(25)7-12/h2-3,6-9,11,18-19H,4-5,10H2,1H3,(H,32,34)(H,33,35)/t11-,18?,19?/m1/s1. The van der Waals surface area contributed by atoms with Gasteiger partial charge in [-0.25, -0.2) is 0 Å². The summed E-state index contributed by atoms with van der Waals surface area (Å²) < 4.78 is 35.4. The minimum Gasteiger partial charge on any atom is -0.349 e. The molecule has 2 aromatic rings. The van der Waals surface area contributed by atoms with Crippen LogP contribution >= 0.6 is 69.8 Å².